The van der Waals surface area contributed by atoms with E-state index >= 15 is 0 Å². The molecule has 1 N–H and O–H groups in total. The van der Waals surface area contributed by atoms with E-state index in [0.717, 1.165) is 13.1 Å². The Balaban J connectivity index is 2.83. The third-order valence-corrected chi connectivity index (χ3v) is 4.61. The maximum atomic E-state index is 3.56. The molecule has 1 rings (SSSR count). The fourth-order valence-electron chi connectivity index (χ4n) is 2.41. The van der Waals surface area contributed by atoms with Gasteiger partial charge in [-0.2, -0.15) is 11.8 Å². The van der Waals surface area contributed by atoms with Crippen molar-refractivity contribution >= 4 is 11.8 Å². The van der Waals surface area contributed by atoms with Gasteiger partial charge in [-0.15, -0.1) is 0 Å². The van der Waals surface area contributed by atoms with Gasteiger partial charge in [0, 0.05) is 12.0 Å². The third kappa shape index (κ3) is 4.33. The van der Waals surface area contributed by atoms with Crippen molar-refractivity contribution in [2.45, 2.75) is 39.0 Å². The normalized spacial score (nSPS) is 14.4. The van der Waals surface area contributed by atoms with E-state index in [-0.39, 0.29) is 0 Å². The molecule has 1 nitrogen and oxygen atoms in total. The molecule has 0 aliphatic carbocycles. The number of hydrogen-bond acceptors (Lipinski definition) is 2. The zero-order valence-electron chi connectivity index (χ0n) is 12.0. The number of likely N-dealkylation sites (N-methyl/N-ethyl adjacent to an activating group) is 1. The maximum Gasteiger partial charge on any atom is 0.00829 e. The Morgan fingerprint density at radius 2 is 1.83 bits per heavy atom. The van der Waals surface area contributed by atoms with Gasteiger partial charge < -0.3 is 5.32 Å². The van der Waals surface area contributed by atoms with E-state index in [1.165, 1.54) is 29.9 Å². The van der Waals surface area contributed by atoms with E-state index in [1.54, 1.807) is 0 Å². The first kappa shape index (κ1) is 15.6. The van der Waals surface area contributed by atoms with Gasteiger partial charge in [-0.25, -0.2) is 0 Å². The minimum absolute atomic E-state index is 0.305. The molecule has 0 aliphatic rings. The highest BCUT2D eigenvalue weighted by Gasteiger charge is 2.29. The topological polar surface area (TPSA) is 12.0 Å². The van der Waals surface area contributed by atoms with E-state index in [1.807, 2.05) is 0 Å². The van der Waals surface area contributed by atoms with Crippen LogP contribution in [0.15, 0.2) is 30.3 Å². The monoisotopic (exact) mass is 265 g/mol. The minimum Gasteiger partial charge on any atom is -0.316 e. The zero-order chi connectivity index (χ0) is 13.3. The molecular formula is C16H27NS. The smallest absolute Gasteiger partial charge is 0.00829 e. The van der Waals surface area contributed by atoms with Crippen molar-refractivity contribution < 1.29 is 0 Å². The SMILES string of the molecule is CCNCC(CC)(CCSCC)c1ccccc1. The van der Waals surface area contributed by atoms with Crippen molar-refractivity contribution in [3.63, 3.8) is 0 Å². The Morgan fingerprint density at radius 1 is 1.11 bits per heavy atom. The predicted molar refractivity (Wildman–Crippen MR) is 84.6 cm³/mol. The number of rotatable bonds is 9. The number of hydrogen-bond donors (Lipinski definition) is 1. The van der Waals surface area contributed by atoms with Gasteiger partial charge in [-0.05, 0) is 36.5 Å². The van der Waals surface area contributed by atoms with Crippen LogP contribution in [0.25, 0.3) is 0 Å². The average Bonchev–Trinajstić information content (AvgIpc) is 2.44. The molecule has 102 valence electrons. The molecule has 0 bridgehead atoms. The van der Waals surface area contributed by atoms with Crippen molar-refractivity contribution in [2.75, 3.05) is 24.6 Å². The van der Waals surface area contributed by atoms with Crippen molar-refractivity contribution in [2.24, 2.45) is 0 Å². The maximum absolute atomic E-state index is 3.56. The second-order valence-electron chi connectivity index (χ2n) is 4.73. The lowest BCUT2D eigenvalue weighted by atomic mass is 9.75. The highest BCUT2D eigenvalue weighted by Crippen LogP contribution is 2.32. The molecular weight excluding hydrogens is 238 g/mol. The summed E-state index contributed by atoms with van der Waals surface area (Å²) in [7, 11) is 0. The lowest BCUT2D eigenvalue weighted by Crippen LogP contribution is -2.38. The van der Waals surface area contributed by atoms with Crippen LogP contribution in [0.1, 0.15) is 39.2 Å². The Kier molecular flexibility index (Phi) is 7.45. The molecule has 0 spiro atoms. The van der Waals surface area contributed by atoms with Crippen LogP contribution in [-0.4, -0.2) is 24.6 Å². The molecule has 1 aromatic carbocycles. The van der Waals surface area contributed by atoms with E-state index in [0.29, 0.717) is 5.41 Å². The second kappa shape index (κ2) is 8.60. The lowest BCUT2D eigenvalue weighted by Gasteiger charge is -2.34. The Labute approximate surface area is 117 Å². The van der Waals surface area contributed by atoms with Crippen LogP contribution in [0.4, 0.5) is 0 Å². The fourth-order valence-corrected chi connectivity index (χ4v) is 3.23. The molecule has 0 saturated carbocycles. The molecule has 0 heterocycles. The minimum atomic E-state index is 0.305. The first-order chi connectivity index (χ1) is 8.79. The highest BCUT2D eigenvalue weighted by molar-refractivity contribution is 7.99. The number of benzene rings is 1. The molecule has 0 amide bonds. The summed E-state index contributed by atoms with van der Waals surface area (Å²) < 4.78 is 0. The molecule has 0 aliphatic heterocycles. The Morgan fingerprint density at radius 3 is 2.39 bits per heavy atom. The molecule has 1 unspecified atom stereocenters. The summed E-state index contributed by atoms with van der Waals surface area (Å²) in [5.74, 6) is 2.47. The quantitative estimate of drug-likeness (QED) is 0.675. The summed E-state index contributed by atoms with van der Waals surface area (Å²) in [5.41, 5.74) is 1.80. The molecule has 0 aromatic heterocycles. The molecule has 1 atom stereocenters. The van der Waals surface area contributed by atoms with Crippen LogP contribution in [-0.2, 0) is 5.41 Å². The Hall–Kier alpha value is -0.470. The molecule has 1 aromatic rings. The summed E-state index contributed by atoms with van der Waals surface area (Å²) in [5, 5.41) is 3.56. The molecule has 0 saturated heterocycles. The van der Waals surface area contributed by atoms with Crippen molar-refractivity contribution in [1.29, 1.82) is 0 Å². The third-order valence-electron chi connectivity index (χ3n) is 3.71. The van der Waals surface area contributed by atoms with Crippen molar-refractivity contribution in [1.82, 2.24) is 5.32 Å². The van der Waals surface area contributed by atoms with Crippen molar-refractivity contribution in [3.05, 3.63) is 35.9 Å². The molecule has 0 radical (unpaired) electrons. The highest BCUT2D eigenvalue weighted by atomic mass is 32.2. The standard InChI is InChI=1S/C16H27NS/c1-4-16(14-17-5-2,12-13-18-6-3)15-10-8-7-9-11-15/h7-11,17H,4-6,12-14H2,1-3H3. The first-order valence-electron chi connectivity index (χ1n) is 7.13. The van der Waals surface area contributed by atoms with Gasteiger partial charge in [-0.3, -0.25) is 0 Å². The van der Waals surface area contributed by atoms with Crippen LogP contribution in [0, 0.1) is 0 Å². The summed E-state index contributed by atoms with van der Waals surface area (Å²) in [6.45, 7) is 8.89. The summed E-state index contributed by atoms with van der Waals surface area (Å²) in [6, 6.07) is 11.0. The van der Waals surface area contributed by atoms with Crippen LogP contribution in [0.3, 0.4) is 0 Å². The zero-order valence-corrected chi connectivity index (χ0v) is 12.9. The van der Waals surface area contributed by atoms with Gasteiger partial charge in [0.15, 0.2) is 0 Å². The first-order valence-corrected chi connectivity index (χ1v) is 8.28. The predicted octanol–water partition coefficient (Wildman–Crippen LogP) is 4.09. The van der Waals surface area contributed by atoms with E-state index in [9.17, 15) is 0 Å². The van der Waals surface area contributed by atoms with Gasteiger partial charge in [0.1, 0.15) is 0 Å². The van der Waals surface area contributed by atoms with E-state index in [2.05, 4.69) is 68.2 Å². The largest absolute Gasteiger partial charge is 0.316 e. The molecule has 18 heavy (non-hydrogen) atoms. The average molecular weight is 265 g/mol. The van der Waals surface area contributed by atoms with Crippen LogP contribution in [0.5, 0.6) is 0 Å². The van der Waals surface area contributed by atoms with Gasteiger partial charge in [0.05, 0.1) is 0 Å². The lowest BCUT2D eigenvalue weighted by molar-refractivity contribution is 0.375. The fraction of sp³-hybridized carbons (Fsp3) is 0.625. The molecule has 0 fully saturated rings. The van der Waals surface area contributed by atoms with Crippen LogP contribution < -0.4 is 5.32 Å². The van der Waals surface area contributed by atoms with E-state index < -0.39 is 0 Å². The van der Waals surface area contributed by atoms with E-state index in [4.69, 9.17) is 0 Å². The van der Waals surface area contributed by atoms with Gasteiger partial charge in [0.2, 0.25) is 0 Å². The van der Waals surface area contributed by atoms with Gasteiger partial charge >= 0.3 is 0 Å². The molecule has 2 heteroatoms. The van der Waals surface area contributed by atoms with Crippen LogP contribution >= 0.6 is 11.8 Å². The van der Waals surface area contributed by atoms with Crippen molar-refractivity contribution in [3.8, 4) is 0 Å². The number of thioether (sulfide) groups is 1. The van der Waals surface area contributed by atoms with Crippen LogP contribution in [0.2, 0.25) is 0 Å². The van der Waals surface area contributed by atoms with Gasteiger partial charge in [-0.1, -0.05) is 51.1 Å². The summed E-state index contributed by atoms with van der Waals surface area (Å²) >= 11 is 2.05. The summed E-state index contributed by atoms with van der Waals surface area (Å²) in [6.07, 6.45) is 2.47. The van der Waals surface area contributed by atoms with Gasteiger partial charge in [0.25, 0.3) is 0 Å². The number of nitrogens with one attached hydrogen (secondary N) is 1. The Bertz CT molecular complexity index is 312. The summed E-state index contributed by atoms with van der Waals surface area (Å²) in [4.78, 5) is 0. The second-order valence-corrected chi connectivity index (χ2v) is 6.12.